The van der Waals surface area contributed by atoms with Gasteiger partial charge in [-0.2, -0.15) is 0 Å². The van der Waals surface area contributed by atoms with Crippen molar-refractivity contribution < 1.29 is 9.59 Å². The van der Waals surface area contributed by atoms with Crippen molar-refractivity contribution in [2.24, 2.45) is 0 Å². The van der Waals surface area contributed by atoms with Crippen LogP contribution in [-0.2, 0) is 17.8 Å². The maximum absolute atomic E-state index is 14.2. The van der Waals surface area contributed by atoms with Crippen LogP contribution in [0.2, 0.25) is 0 Å². The highest BCUT2D eigenvalue weighted by Crippen LogP contribution is 2.43. The monoisotopic (exact) mass is 475 g/mol. The van der Waals surface area contributed by atoms with E-state index in [1.807, 2.05) is 17.9 Å². The molecule has 0 saturated heterocycles. The second kappa shape index (κ2) is 8.56. The van der Waals surface area contributed by atoms with Gasteiger partial charge in [0.25, 0.3) is 5.91 Å². The van der Waals surface area contributed by atoms with Gasteiger partial charge in [0.05, 0.1) is 22.8 Å². The van der Waals surface area contributed by atoms with Crippen molar-refractivity contribution in [1.29, 1.82) is 0 Å². The van der Waals surface area contributed by atoms with Crippen LogP contribution in [0.3, 0.4) is 0 Å². The van der Waals surface area contributed by atoms with E-state index in [2.05, 4.69) is 45.6 Å². The number of nitrogens with one attached hydrogen (secondary N) is 1. The van der Waals surface area contributed by atoms with E-state index in [-0.39, 0.29) is 23.9 Å². The van der Waals surface area contributed by atoms with Crippen molar-refractivity contribution in [3.8, 4) is 0 Å². The Hall–Kier alpha value is -2.60. The second-order valence-electron chi connectivity index (χ2n) is 10.5. The number of hydrogen-bond donors (Lipinski definition) is 1. The van der Waals surface area contributed by atoms with Crippen LogP contribution < -0.4 is 5.32 Å². The molecule has 3 aromatic rings. The molecule has 3 heterocycles. The fourth-order valence-electron chi connectivity index (χ4n) is 6.48. The topological polar surface area (TPSA) is 54.3 Å². The molecular weight excluding hydrogens is 442 g/mol. The number of aromatic nitrogens is 1. The van der Waals surface area contributed by atoms with Gasteiger partial charge in [-0.05, 0) is 67.7 Å². The summed E-state index contributed by atoms with van der Waals surface area (Å²) in [5.74, 6) is -0.0200. The quantitative estimate of drug-likeness (QED) is 0.484. The smallest absolute Gasteiger partial charge is 0.272 e. The lowest BCUT2D eigenvalue weighted by atomic mass is 9.82. The number of amides is 2. The highest BCUT2D eigenvalue weighted by molar-refractivity contribution is 7.17. The van der Waals surface area contributed by atoms with Crippen LogP contribution >= 0.6 is 11.3 Å². The summed E-state index contributed by atoms with van der Waals surface area (Å²) in [5, 5.41) is 5.47. The SMILES string of the molecule is C[C@]1(C(=O)NC2CCCCCC2)Cn2c(cc3sccc32)C(=O)N1[C@@H]1CCCc2ccccc21. The van der Waals surface area contributed by atoms with Gasteiger partial charge in [-0.25, -0.2) is 0 Å². The number of nitrogens with zero attached hydrogens (tertiary/aromatic N) is 2. The van der Waals surface area contributed by atoms with Crippen LogP contribution in [0.25, 0.3) is 10.2 Å². The summed E-state index contributed by atoms with van der Waals surface area (Å²) in [6.45, 7) is 2.49. The Balaban J connectivity index is 1.44. The summed E-state index contributed by atoms with van der Waals surface area (Å²) in [5.41, 5.74) is 3.34. The van der Waals surface area contributed by atoms with Crippen LogP contribution in [0.4, 0.5) is 0 Å². The molecule has 5 nitrogen and oxygen atoms in total. The van der Waals surface area contributed by atoms with E-state index in [0.717, 1.165) is 55.2 Å². The molecule has 178 valence electrons. The molecule has 3 aliphatic rings. The third-order valence-corrected chi connectivity index (χ3v) is 9.14. The summed E-state index contributed by atoms with van der Waals surface area (Å²) < 4.78 is 3.20. The van der Waals surface area contributed by atoms with E-state index < -0.39 is 5.54 Å². The standard InChI is InChI=1S/C28H33N3O2S/c1-28(27(33)29-20-11-4-2-3-5-12-20)18-30-23-15-16-34-25(23)17-24(30)26(32)31(28)22-14-8-10-19-9-6-7-13-21(19)22/h6-7,9,13,15-17,20,22H,2-5,8,10-12,14,18H2,1H3,(H,29,33)/t22-,28-/m1/s1. The van der Waals surface area contributed by atoms with Gasteiger partial charge in [-0.15, -0.1) is 11.3 Å². The van der Waals surface area contributed by atoms with E-state index >= 15 is 0 Å². The number of fused-ring (bicyclic) bond motifs is 4. The third-order valence-electron chi connectivity index (χ3n) is 8.29. The second-order valence-corrected chi connectivity index (χ2v) is 11.5. The molecule has 1 aliphatic heterocycles. The largest absolute Gasteiger partial charge is 0.351 e. The van der Waals surface area contributed by atoms with Crippen LogP contribution in [0.5, 0.6) is 0 Å². The lowest BCUT2D eigenvalue weighted by Crippen LogP contribution is -2.65. The molecule has 1 N–H and O–H groups in total. The Bertz CT molecular complexity index is 1240. The first-order chi connectivity index (χ1) is 16.6. The summed E-state index contributed by atoms with van der Waals surface area (Å²) in [7, 11) is 0. The molecule has 0 spiro atoms. The molecule has 2 amide bonds. The fourth-order valence-corrected chi connectivity index (χ4v) is 7.31. The zero-order valence-electron chi connectivity index (χ0n) is 19.9. The van der Waals surface area contributed by atoms with Crippen LogP contribution in [0.1, 0.15) is 85.9 Å². The molecule has 34 heavy (non-hydrogen) atoms. The van der Waals surface area contributed by atoms with E-state index in [1.165, 1.54) is 24.0 Å². The first-order valence-electron chi connectivity index (χ1n) is 12.9. The number of carbonyl (C=O) groups excluding carboxylic acids is 2. The van der Waals surface area contributed by atoms with Crippen LogP contribution in [0.15, 0.2) is 41.8 Å². The predicted molar refractivity (Wildman–Crippen MR) is 136 cm³/mol. The number of rotatable bonds is 3. The van der Waals surface area contributed by atoms with Gasteiger partial charge < -0.3 is 14.8 Å². The Morgan fingerprint density at radius 3 is 2.68 bits per heavy atom. The zero-order valence-corrected chi connectivity index (χ0v) is 20.7. The van der Waals surface area contributed by atoms with Crippen molar-refractivity contribution in [2.75, 3.05) is 0 Å². The number of hydrogen-bond acceptors (Lipinski definition) is 3. The number of benzene rings is 1. The van der Waals surface area contributed by atoms with Gasteiger partial charge in [-0.3, -0.25) is 9.59 Å². The molecule has 0 unspecified atom stereocenters. The summed E-state index contributed by atoms with van der Waals surface area (Å²) in [6.07, 6.45) is 9.84. The number of carbonyl (C=O) groups is 2. The van der Waals surface area contributed by atoms with E-state index in [9.17, 15) is 9.59 Å². The van der Waals surface area contributed by atoms with Gasteiger partial charge in [0.2, 0.25) is 5.91 Å². The normalized spacial score (nSPS) is 25.6. The van der Waals surface area contributed by atoms with E-state index in [4.69, 9.17) is 0 Å². The number of thiophene rings is 1. The van der Waals surface area contributed by atoms with Crippen molar-refractivity contribution in [3.05, 3.63) is 58.6 Å². The van der Waals surface area contributed by atoms with E-state index in [0.29, 0.717) is 12.2 Å². The van der Waals surface area contributed by atoms with Gasteiger partial charge in [0, 0.05) is 6.04 Å². The summed E-state index contributed by atoms with van der Waals surface area (Å²) in [6, 6.07) is 12.7. The van der Waals surface area contributed by atoms with Crippen LogP contribution in [-0.4, -0.2) is 32.9 Å². The first-order valence-corrected chi connectivity index (χ1v) is 13.7. The minimum Gasteiger partial charge on any atom is -0.351 e. The van der Waals surface area contributed by atoms with Crippen molar-refractivity contribution in [1.82, 2.24) is 14.8 Å². The first kappa shape index (κ1) is 21.9. The predicted octanol–water partition coefficient (Wildman–Crippen LogP) is 5.83. The third kappa shape index (κ3) is 3.49. The maximum Gasteiger partial charge on any atom is 0.272 e. The van der Waals surface area contributed by atoms with Crippen molar-refractivity contribution >= 4 is 33.4 Å². The molecule has 2 aliphatic carbocycles. The minimum atomic E-state index is -0.945. The molecule has 1 fully saturated rings. The molecule has 1 aromatic carbocycles. The molecule has 0 bridgehead atoms. The molecule has 2 atom stereocenters. The lowest BCUT2D eigenvalue weighted by Gasteiger charge is -2.49. The van der Waals surface area contributed by atoms with Gasteiger partial charge in [-0.1, -0.05) is 49.9 Å². The molecule has 6 rings (SSSR count). The highest BCUT2D eigenvalue weighted by Gasteiger charge is 2.51. The molecule has 1 saturated carbocycles. The van der Waals surface area contributed by atoms with Gasteiger partial charge >= 0.3 is 0 Å². The Morgan fingerprint density at radius 1 is 1.06 bits per heavy atom. The average molecular weight is 476 g/mol. The maximum atomic E-state index is 14.2. The molecule has 0 radical (unpaired) electrons. The zero-order chi connectivity index (χ0) is 23.3. The number of aryl methyl sites for hydroxylation is 1. The molecule has 6 heteroatoms. The van der Waals surface area contributed by atoms with Gasteiger partial charge in [0.15, 0.2) is 0 Å². The summed E-state index contributed by atoms with van der Waals surface area (Å²) in [4.78, 5) is 30.2. The van der Waals surface area contributed by atoms with E-state index in [1.54, 1.807) is 11.3 Å². The van der Waals surface area contributed by atoms with Gasteiger partial charge in [0.1, 0.15) is 11.2 Å². The molecule has 2 aromatic heterocycles. The van der Waals surface area contributed by atoms with Crippen molar-refractivity contribution in [3.63, 3.8) is 0 Å². The lowest BCUT2D eigenvalue weighted by molar-refractivity contribution is -0.135. The molecular formula is C28H33N3O2S. The van der Waals surface area contributed by atoms with Crippen LogP contribution in [0, 0.1) is 0 Å². The Labute approximate surface area is 205 Å². The highest BCUT2D eigenvalue weighted by atomic mass is 32.1. The average Bonchev–Trinajstić information content (AvgIpc) is 3.34. The summed E-state index contributed by atoms with van der Waals surface area (Å²) >= 11 is 1.66. The Morgan fingerprint density at radius 2 is 1.85 bits per heavy atom. The minimum absolute atomic E-state index is 0.00136. The fraction of sp³-hybridized carbons (Fsp3) is 0.500. The Kier molecular flexibility index (Phi) is 5.51. The van der Waals surface area contributed by atoms with Crippen molar-refractivity contribution in [2.45, 2.75) is 88.9 Å².